The van der Waals surface area contributed by atoms with Gasteiger partial charge in [-0.05, 0) is 13.8 Å². The van der Waals surface area contributed by atoms with Gasteiger partial charge in [0.05, 0.1) is 7.11 Å². The average Bonchev–Trinajstić information content (AvgIpc) is 2.08. The highest BCUT2D eigenvalue weighted by Crippen LogP contribution is 2.04. The van der Waals surface area contributed by atoms with Crippen LogP contribution in [0.5, 0.6) is 6.01 Å². The Kier molecular flexibility index (Phi) is 3.24. The van der Waals surface area contributed by atoms with Crippen molar-refractivity contribution in [2.45, 2.75) is 26.4 Å². The van der Waals surface area contributed by atoms with Crippen molar-refractivity contribution in [2.75, 3.05) is 7.11 Å². The first kappa shape index (κ1) is 10.7. The van der Waals surface area contributed by atoms with Crippen LogP contribution in [0.25, 0.3) is 0 Å². The number of aryl methyl sites for hydroxylation is 1. The van der Waals surface area contributed by atoms with Crippen LogP contribution in [0.3, 0.4) is 0 Å². The fourth-order valence-corrected chi connectivity index (χ4v) is 1.21. The van der Waals surface area contributed by atoms with Gasteiger partial charge in [0.1, 0.15) is 0 Å². The summed E-state index contributed by atoms with van der Waals surface area (Å²) in [6.45, 7) is 3.99. The Hall–Kier alpha value is -1.36. The van der Waals surface area contributed by atoms with E-state index in [2.05, 4.69) is 4.98 Å². The molecule has 1 aromatic rings. The van der Waals surface area contributed by atoms with Crippen LogP contribution in [-0.4, -0.2) is 22.7 Å². The maximum atomic E-state index is 11.5. The standard InChI is InChI=1S/C9H15N3O2/c1-6(10)5-12-8(13)4-7(2)11-9(12)14-3/h4,6H,5,10H2,1-3H3. The van der Waals surface area contributed by atoms with Gasteiger partial charge >= 0.3 is 0 Å². The predicted molar refractivity (Wildman–Crippen MR) is 53.4 cm³/mol. The number of methoxy groups -OCH3 is 1. The Labute approximate surface area is 82.5 Å². The quantitative estimate of drug-likeness (QED) is 0.735. The summed E-state index contributed by atoms with van der Waals surface area (Å²) in [5, 5.41) is 0. The first-order valence-electron chi connectivity index (χ1n) is 4.42. The molecule has 0 amide bonds. The molecule has 0 aliphatic heterocycles. The second-order valence-corrected chi connectivity index (χ2v) is 3.31. The maximum Gasteiger partial charge on any atom is 0.299 e. The minimum absolute atomic E-state index is 0.105. The van der Waals surface area contributed by atoms with Gasteiger partial charge in [0.15, 0.2) is 0 Å². The molecule has 1 aromatic heterocycles. The van der Waals surface area contributed by atoms with Gasteiger partial charge in [0.2, 0.25) is 0 Å². The summed E-state index contributed by atoms with van der Waals surface area (Å²) >= 11 is 0. The summed E-state index contributed by atoms with van der Waals surface area (Å²) in [4.78, 5) is 15.6. The van der Waals surface area contributed by atoms with E-state index in [1.807, 2.05) is 6.92 Å². The monoisotopic (exact) mass is 197 g/mol. The second-order valence-electron chi connectivity index (χ2n) is 3.31. The van der Waals surface area contributed by atoms with E-state index in [9.17, 15) is 4.79 Å². The molecule has 0 spiro atoms. The summed E-state index contributed by atoms with van der Waals surface area (Å²) in [6.07, 6.45) is 0. The molecular weight excluding hydrogens is 182 g/mol. The second kappa shape index (κ2) is 4.23. The lowest BCUT2D eigenvalue weighted by Gasteiger charge is -2.12. The minimum Gasteiger partial charge on any atom is -0.468 e. The van der Waals surface area contributed by atoms with E-state index < -0.39 is 0 Å². The summed E-state index contributed by atoms with van der Waals surface area (Å²) in [6, 6.07) is 1.67. The molecule has 1 unspecified atom stereocenters. The molecule has 0 aromatic carbocycles. The van der Waals surface area contributed by atoms with E-state index in [4.69, 9.17) is 10.5 Å². The first-order chi connectivity index (χ1) is 6.54. The largest absolute Gasteiger partial charge is 0.468 e. The number of hydrogen-bond acceptors (Lipinski definition) is 4. The molecule has 5 heteroatoms. The Bertz CT molecular complexity index is 371. The van der Waals surface area contributed by atoms with Crippen molar-refractivity contribution in [3.05, 3.63) is 22.1 Å². The minimum atomic E-state index is -0.133. The molecule has 2 N–H and O–H groups in total. The van der Waals surface area contributed by atoms with Crippen molar-refractivity contribution in [1.82, 2.24) is 9.55 Å². The van der Waals surface area contributed by atoms with Crippen molar-refractivity contribution < 1.29 is 4.74 Å². The third-order valence-corrected chi connectivity index (χ3v) is 1.75. The number of rotatable bonds is 3. The van der Waals surface area contributed by atoms with Crippen molar-refractivity contribution in [3.63, 3.8) is 0 Å². The lowest BCUT2D eigenvalue weighted by atomic mass is 10.3. The van der Waals surface area contributed by atoms with Crippen molar-refractivity contribution in [2.24, 2.45) is 5.73 Å². The Morgan fingerprint density at radius 3 is 2.86 bits per heavy atom. The lowest BCUT2D eigenvalue weighted by Crippen LogP contribution is -2.31. The molecule has 0 saturated carbocycles. The van der Waals surface area contributed by atoms with Crippen LogP contribution in [0.2, 0.25) is 0 Å². The maximum absolute atomic E-state index is 11.5. The first-order valence-corrected chi connectivity index (χ1v) is 4.42. The molecule has 0 bridgehead atoms. The van der Waals surface area contributed by atoms with E-state index in [-0.39, 0.29) is 11.6 Å². The summed E-state index contributed by atoms with van der Waals surface area (Å²) in [7, 11) is 1.49. The molecule has 14 heavy (non-hydrogen) atoms. The summed E-state index contributed by atoms with van der Waals surface area (Å²) < 4.78 is 6.43. The van der Waals surface area contributed by atoms with E-state index >= 15 is 0 Å². The Morgan fingerprint density at radius 1 is 1.71 bits per heavy atom. The average molecular weight is 197 g/mol. The molecule has 1 atom stereocenters. The van der Waals surface area contributed by atoms with Crippen LogP contribution >= 0.6 is 0 Å². The fourth-order valence-electron chi connectivity index (χ4n) is 1.21. The molecule has 5 nitrogen and oxygen atoms in total. The molecule has 0 saturated heterocycles. The zero-order valence-electron chi connectivity index (χ0n) is 8.65. The molecule has 0 radical (unpaired) electrons. The zero-order chi connectivity index (χ0) is 10.7. The van der Waals surface area contributed by atoms with Crippen LogP contribution in [-0.2, 0) is 6.54 Å². The van der Waals surface area contributed by atoms with Crippen LogP contribution in [0.1, 0.15) is 12.6 Å². The van der Waals surface area contributed by atoms with E-state index in [0.717, 1.165) is 0 Å². The third kappa shape index (κ3) is 2.32. The highest BCUT2D eigenvalue weighted by Gasteiger charge is 2.08. The topological polar surface area (TPSA) is 70.1 Å². The van der Waals surface area contributed by atoms with Crippen LogP contribution in [0, 0.1) is 6.92 Å². The van der Waals surface area contributed by atoms with Gasteiger partial charge in [-0.2, -0.15) is 0 Å². The van der Waals surface area contributed by atoms with Gasteiger partial charge in [-0.25, -0.2) is 4.98 Å². The van der Waals surface area contributed by atoms with E-state index in [1.165, 1.54) is 17.7 Å². The number of ether oxygens (including phenoxy) is 1. The highest BCUT2D eigenvalue weighted by molar-refractivity contribution is 5.06. The summed E-state index contributed by atoms with van der Waals surface area (Å²) in [5.74, 6) is 0. The smallest absolute Gasteiger partial charge is 0.299 e. The van der Waals surface area contributed by atoms with Gasteiger partial charge in [0.25, 0.3) is 11.6 Å². The Morgan fingerprint density at radius 2 is 2.36 bits per heavy atom. The van der Waals surface area contributed by atoms with Gasteiger partial charge in [-0.3, -0.25) is 9.36 Å². The fraction of sp³-hybridized carbons (Fsp3) is 0.556. The third-order valence-electron chi connectivity index (χ3n) is 1.75. The lowest BCUT2D eigenvalue weighted by molar-refractivity contribution is 0.338. The molecule has 1 heterocycles. The van der Waals surface area contributed by atoms with Crippen molar-refractivity contribution in [3.8, 4) is 6.01 Å². The van der Waals surface area contributed by atoms with Crippen LogP contribution in [0.4, 0.5) is 0 Å². The number of nitrogens with two attached hydrogens (primary N) is 1. The van der Waals surface area contributed by atoms with Crippen molar-refractivity contribution >= 4 is 0 Å². The Balaban J connectivity index is 3.19. The molecule has 0 aliphatic carbocycles. The van der Waals surface area contributed by atoms with Crippen LogP contribution < -0.4 is 16.0 Å². The molecule has 78 valence electrons. The van der Waals surface area contributed by atoms with Gasteiger partial charge in [-0.1, -0.05) is 0 Å². The normalized spacial score (nSPS) is 12.6. The van der Waals surface area contributed by atoms with Gasteiger partial charge in [0, 0.05) is 24.3 Å². The predicted octanol–water partition coefficient (Wildman–Crippen LogP) is -0.0925. The van der Waals surface area contributed by atoms with Crippen molar-refractivity contribution in [1.29, 1.82) is 0 Å². The number of nitrogens with zero attached hydrogens (tertiary/aromatic N) is 2. The van der Waals surface area contributed by atoms with Gasteiger partial charge < -0.3 is 10.5 Å². The molecule has 1 rings (SSSR count). The van der Waals surface area contributed by atoms with Crippen LogP contribution in [0.15, 0.2) is 10.9 Å². The van der Waals surface area contributed by atoms with E-state index in [0.29, 0.717) is 18.2 Å². The SMILES string of the molecule is COc1nc(C)cc(=O)n1CC(C)N. The molecular formula is C9H15N3O2. The molecule has 0 aliphatic rings. The summed E-state index contributed by atoms with van der Waals surface area (Å²) in [5.41, 5.74) is 6.13. The van der Waals surface area contributed by atoms with E-state index in [1.54, 1.807) is 6.92 Å². The molecule has 0 fully saturated rings. The highest BCUT2D eigenvalue weighted by atomic mass is 16.5. The zero-order valence-corrected chi connectivity index (χ0v) is 8.65. The number of aromatic nitrogens is 2. The number of hydrogen-bond donors (Lipinski definition) is 1. The van der Waals surface area contributed by atoms with Gasteiger partial charge in [-0.15, -0.1) is 0 Å².